The standard InChI is InChI=1S/C35H39N5O4SSi/c1-35(2,3)44-34(42)39-19-25-11-10-24(15-27(25)20-39)28-16-26-18-36-40(22-43-13-14-46(4,5)6)31(26)17-29(28)38-33(41)30-21-45-32(37-30)12-9-23-7-8-23/h10-11,15-21,23H,7-8,13-14,22H2,1-6H3,(H,38,41). The SMILES string of the molecule is CC(C)(C)OC(=O)n1cc2ccc(-c3cc4cnn(COCC[Si](C)(C)C)c4cc3NC(=O)c3csc(C#CC4CC4)n3)cc2c1. The molecule has 1 aliphatic carbocycles. The van der Waals surface area contributed by atoms with Crippen molar-refractivity contribution in [2.24, 2.45) is 5.92 Å². The maximum Gasteiger partial charge on any atom is 0.418 e. The third kappa shape index (κ3) is 7.75. The van der Waals surface area contributed by atoms with Gasteiger partial charge in [0.25, 0.3) is 5.91 Å². The summed E-state index contributed by atoms with van der Waals surface area (Å²) < 4.78 is 14.8. The van der Waals surface area contributed by atoms with Crippen molar-refractivity contribution in [3.8, 4) is 23.0 Å². The molecule has 3 heterocycles. The van der Waals surface area contributed by atoms with Gasteiger partial charge in [-0.25, -0.2) is 14.5 Å². The van der Waals surface area contributed by atoms with Crippen LogP contribution >= 0.6 is 11.3 Å². The van der Waals surface area contributed by atoms with E-state index in [2.05, 4.69) is 46.9 Å². The van der Waals surface area contributed by atoms with E-state index >= 15 is 0 Å². The molecule has 1 N–H and O–H groups in total. The summed E-state index contributed by atoms with van der Waals surface area (Å²) in [5, 5.41) is 12.8. The average molecular weight is 654 g/mol. The minimum atomic E-state index is -1.22. The van der Waals surface area contributed by atoms with E-state index in [1.165, 1.54) is 15.9 Å². The normalized spacial score (nSPS) is 13.5. The molecule has 2 aromatic carbocycles. The van der Waals surface area contributed by atoms with Gasteiger partial charge in [0.1, 0.15) is 18.0 Å². The lowest BCUT2D eigenvalue weighted by Gasteiger charge is -2.19. The van der Waals surface area contributed by atoms with Crippen LogP contribution in [0.5, 0.6) is 0 Å². The van der Waals surface area contributed by atoms with Crippen molar-refractivity contribution in [1.82, 2.24) is 19.3 Å². The summed E-state index contributed by atoms with van der Waals surface area (Å²) in [6, 6.07) is 11.0. The van der Waals surface area contributed by atoms with E-state index in [0.29, 0.717) is 35.6 Å². The number of anilines is 1. The van der Waals surface area contributed by atoms with Gasteiger partial charge in [-0.3, -0.25) is 9.36 Å². The fourth-order valence-electron chi connectivity index (χ4n) is 4.84. The van der Waals surface area contributed by atoms with Gasteiger partial charge in [0.15, 0.2) is 5.01 Å². The second-order valence-electron chi connectivity index (χ2n) is 14.0. The van der Waals surface area contributed by atoms with Gasteiger partial charge in [-0.2, -0.15) is 5.10 Å². The predicted molar refractivity (Wildman–Crippen MR) is 186 cm³/mol. The lowest BCUT2D eigenvalue weighted by Crippen LogP contribution is -2.26. The summed E-state index contributed by atoms with van der Waals surface area (Å²) in [6.45, 7) is 13.5. The Morgan fingerprint density at radius 1 is 1.09 bits per heavy atom. The highest BCUT2D eigenvalue weighted by atomic mass is 32.1. The number of ether oxygens (including phenoxy) is 2. The van der Waals surface area contributed by atoms with Crippen molar-refractivity contribution >= 4 is 58.8 Å². The second kappa shape index (κ2) is 12.5. The van der Waals surface area contributed by atoms with Crippen LogP contribution in [0, 0.1) is 17.8 Å². The maximum atomic E-state index is 13.5. The number of fused-ring (bicyclic) bond motifs is 2. The van der Waals surface area contributed by atoms with E-state index in [4.69, 9.17) is 9.47 Å². The van der Waals surface area contributed by atoms with E-state index in [0.717, 1.165) is 51.7 Å². The summed E-state index contributed by atoms with van der Waals surface area (Å²) in [5.41, 5.74) is 2.87. The molecule has 1 aliphatic rings. The van der Waals surface area contributed by atoms with Crippen LogP contribution in [-0.4, -0.2) is 51.6 Å². The fraction of sp³-hybridized carbons (Fsp3) is 0.371. The number of aromatic nitrogens is 4. The molecule has 0 atom stereocenters. The lowest BCUT2D eigenvalue weighted by molar-refractivity contribution is 0.0537. The Bertz CT molecular complexity index is 2000. The van der Waals surface area contributed by atoms with E-state index in [-0.39, 0.29) is 5.91 Å². The first-order valence-electron chi connectivity index (χ1n) is 15.5. The second-order valence-corrected chi connectivity index (χ2v) is 20.5. The molecule has 9 nitrogen and oxygen atoms in total. The van der Waals surface area contributed by atoms with Crippen LogP contribution < -0.4 is 5.32 Å². The van der Waals surface area contributed by atoms with E-state index in [1.807, 2.05) is 62.0 Å². The van der Waals surface area contributed by atoms with Crippen LogP contribution in [0.4, 0.5) is 10.5 Å². The van der Waals surface area contributed by atoms with Gasteiger partial charge < -0.3 is 14.8 Å². The Kier molecular flexibility index (Phi) is 8.63. The molecule has 0 bridgehead atoms. The van der Waals surface area contributed by atoms with Crippen molar-refractivity contribution in [3.63, 3.8) is 0 Å². The Hall–Kier alpha value is -4.24. The molecule has 11 heteroatoms. The van der Waals surface area contributed by atoms with Crippen molar-refractivity contribution in [1.29, 1.82) is 0 Å². The number of nitrogens with one attached hydrogen (secondary N) is 1. The minimum absolute atomic E-state index is 0.314. The number of nitrogens with zero attached hydrogens (tertiary/aromatic N) is 4. The summed E-state index contributed by atoms with van der Waals surface area (Å²) in [5.74, 6) is 6.45. The zero-order chi connectivity index (χ0) is 32.6. The number of amides is 1. The molecule has 0 aliphatic heterocycles. The lowest BCUT2D eigenvalue weighted by atomic mass is 9.99. The molecule has 1 fully saturated rings. The third-order valence-electron chi connectivity index (χ3n) is 7.50. The molecule has 0 radical (unpaired) electrons. The molecule has 238 valence electrons. The highest BCUT2D eigenvalue weighted by Crippen LogP contribution is 2.35. The van der Waals surface area contributed by atoms with Gasteiger partial charge in [0.2, 0.25) is 0 Å². The molecule has 1 saturated carbocycles. The number of carbonyl (C=O) groups is 2. The average Bonchev–Trinajstić information content (AvgIpc) is 3.35. The molecule has 0 saturated heterocycles. The van der Waals surface area contributed by atoms with Crippen molar-refractivity contribution in [3.05, 3.63) is 65.0 Å². The summed E-state index contributed by atoms with van der Waals surface area (Å²) in [4.78, 5) is 30.7. The molecule has 3 aromatic heterocycles. The van der Waals surface area contributed by atoms with E-state index in [9.17, 15) is 9.59 Å². The first kappa shape index (κ1) is 31.7. The zero-order valence-electron chi connectivity index (χ0n) is 27.1. The van der Waals surface area contributed by atoms with Crippen molar-refractivity contribution in [2.75, 3.05) is 11.9 Å². The van der Waals surface area contributed by atoms with E-state index in [1.54, 1.807) is 17.8 Å². The number of rotatable bonds is 8. The fourth-order valence-corrected chi connectivity index (χ4v) is 6.25. The number of carbonyl (C=O) groups excluding carboxylic acids is 2. The van der Waals surface area contributed by atoms with Gasteiger partial charge in [-0.05, 0) is 69.3 Å². The minimum Gasteiger partial charge on any atom is -0.443 e. The third-order valence-corrected chi connectivity index (χ3v) is 9.96. The molecule has 0 spiro atoms. The van der Waals surface area contributed by atoms with E-state index < -0.39 is 19.8 Å². The van der Waals surface area contributed by atoms with Gasteiger partial charge in [-0.1, -0.05) is 37.7 Å². The molecule has 5 aromatic rings. The van der Waals surface area contributed by atoms with Crippen molar-refractivity contribution in [2.45, 2.75) is 71.6 Å². The highest BCUT2D eigenvalue weighted by molar-refractivity contribution is 7.10. The van der Waals surface area contributed by atoms with Gasteiger partial charge in [0.05, 0.1) is 17.4 Å². The topological polar surface area (TPSA) is 100 Å². The Labute approximate surface area is 273 Å². The maximum absolute atomic E-state index is 13.5. The van der Waals surface area contributed by atoms with Gasteiger partial charge >= 0.3 is 6.09 Å². The smallest absolute Gasteiger partial charge is 0.418 e. The monoisotopic (exact) mass is 653 g/mol. The van der Waals surface area contributed by atoms with Crippen LogP contribution in [0.1, 0.15) is 49.1 Å². The van der Waals surface area contributed by atoms with Gasteiger partial charge in [-0.15, -0.1) is 11.3 Å². The number of thiazole rings is 1. The quantitative estimate of drug-likeness (QED) is 0.103. The van der Waals surface area contributed by atoms with Crippen LogP contribution in [0.2, 0.25) is 25.7 Å². The van der Waals surface area contributed by atoms with Gasteiger partial charge in [0, 0.05) is 60.1 Å². The number of hydrogen-bond donors (Lipinski definition) is 1. The number of benzene rings is 2. The van der Waals surface area contributed by atoms with Crippen molar-refractivity contribution < 1.29 is 19.1 Å². The zero-order valence-corrected chi connectivity index (χ0v) is 29.0. The molecular formula is C35H39N5O4SSi. The Balaban J connectivity index is 1.33. The van der Waals surface area contributed by atoms with Crippen LogP contribution in [-0.2, 0) is 16.2 Å². The Morgan fingerprint density at radius 2 is 1.87 bits per heavy atom. The molecule has 1 amide bonds. The summed E-state index contributed by atoms with van der Waals surface area (Å²) in [6.07, 6.45) is 7.16. The molecular weight excluding hydrogens is 615 g/mol. The Morgan fingerprint density at radius 3 is 2.61 bits per heavy atom. The molecule has 46 heavy (non-hydrogen) atoms. The van der Waals surface area contributed by atoms with Crippen LogP contribution in [0.15, 0.2) is 54.3 Å². The summed E-state index contributed by atoms with van der Waals surface area (Å²) in [7, 11) is -1.22. The number of hydrogen-bond acceptors (Lipinski definition) is 7. The highest BCUT2D eigenvalue weighted by Gasteiger charge is 2.21. The predicted octanol–water partition coefficient (Wildman–Crippen LogP) is 8.22. The van der Waals surface area contributed by atoms with Crippen LogP contribution in [0.3, 0.4) is 0 Å². The molecule has 6 rings (SSSR count). The first-order chi connectivity index (χ1) is 21.8. The largest absolute Gasteiger partial charge is 0.443 e. The summed E-state index contributed by atoms with van der Waals surface area (Å²) >= 11 is 1.37. The first-order valence-corrected chi connectivity index (χ1v) is 20.1. The molecule has 0 unspecified atom stereocenters. The van der Waals surface area contributed by atoms with Crippen LogP contribution in [0.25, 0.3) is 32.8 Å².